The van der Waals surface area contributed by atoms with Crippen molar-refractivity contribution in [3.05, 3.63) is 0 Å². The lowest BCUT2D eigenvalue weighted by Crippen LogP contribution is -2.38. The molecule has 0 spiro atoms. The highest BCUT2D eigenvalue weighted by molar-refractivity contribution is 5.85. The summed E-state index contributed by atoms with van der Waals surface area (Å²) in [6.07, 6.45) is 2.24. The quantitative estimate of drug-likeness (QED) is 0.786. The molecule has 1 aliphatic rings. The number of amides is 1. The molecule has 0 aromatic heterocycles. The van der Waals surface area contributed by atoms with Gasteiger partial charge in [0, 0.05) is 13.6 Å². The number of nitrogens with zero attached hydrogens (tertiary/aromatic N) is 2. The molecule has 1 fully saturated rings. The second-order valence-electron chi connectivity index (χ2n) is 6.04. The van der Waals surface area contributed by atoms with Gasteiger partial charge in [-0.3, -0.25) is 9.59 Å². The van der Waals surface area contributed by atoms with Gasteiger partial charge in [0.05, 0.1) is 11.8 Å². The van der Waals surface area contributed by atoms with Crippen LogP contribution in [-0.4, -0.2) is 61.0 Å². The zero-order valence-corrected chi connectivity index (χ0v) is 12.4. The molecule has 0 saturated heterocycles. The topological polar surface area (TPSA) is 60.9 Å². The highest BCUT2D eigenvalue weighted by atomic mass is 16.4. The number of carbonyl (C=O) groups is 2. The van der Waals surface area contributed by atoms with E-state index in [9.17, 15) is 14.7 Å². The maximum absolute atomic E-state index is 12.3. The SMILES string of the molecule is CC1C[C@H](C(=O)N(C)CCCN(C)C)[C@H](C(=O)O)C1. The van der Waals surface area contributed by atoms with E-state index in [1.165, 1.54) is 0 Å². The second kappa shape index (κ2) is 6.89. The van der Waals surface area contributed by atoms with Crippen LogP contribution in [0.25, 0.3) is 0 Å². The first-order chi connectivity index (χ1) is 8.82. The van der Waals surface area contributed by atoms with Crippen molar-refractivity contribution in [1.82, 2.24) is 9.80 Å². The molecule has 0 aromatic rings. The molecule has 1 aliphatic carbocycles. The van der Waals surface area contributed by atoms with Crippen LogP contribution in [0.15, 0.2) is 0 Å². The van der Waals surface area contributed by atoms with Crippen LogP contribution in [0, 0.1) is 17.8 Å². The van der Waals surface area contributed by atoms with Gasteiger partial charge in [0.15, 0.2) is 0 Å². The average Bonchev–Trinajstić information content (AvgIpc) is 2.69. The van der Waals surface area contributed by atoms with E-state index in [0.29, 0.717) is 25.3 Å². The monoisotopic (exact) mass is 270 g/mol. The van der Waals surface area contributed by atoms with Crippen molar-refractivity contribution >= 4 is 11.9 Å². The van der Waals surface area contributed by atoms with Crippen LogP contribution < -0.4 is 0 Å². The van der Waals surface area contributed by atoms with Gasteiger partial charge in [-0.1, -0.05) is 6.92 Å². The molecule has 0 heterocycles. The number of rotatable bonds is 6. The molecule has 110 valence electrons. The number of aliphatic carboxylic acids is 1. The van der Waals surface area contributed by atoms with E-state index in [1.54, 1.807) is 11.9 Å². The minimum Gasteiger partial charge on any atom is -0.481 e. The largest absolute Gasteiger partial charge is 0.481 e. The van der Waals surface area contributed by atoms with Crippen molar-refractivity contribution in [2.24, 2.45) is 17.8 Å². The molecule has 1 amide bonds. The van der Waals surface area contributed by atoms with Crippen LogP contribution >= 0.6 is 0 Å². The van der Waals surface area contributed by atoms with Crippen LogP contribution in [0.5, 0.6) is 0 Å². The van der Waals surface area contributed by atoms with Gasteiger partial charge < -0.3 is 14.9 Å². The molecule has 5 heteroatoms. The molecule has 0 radical (unpaired) electrons. The Kier molecular flexibility index (Phi) is 5.79. The van der Waals surface area contributed by atoms with Gasteiger partial charge in [-0.05, 0) is 45.8 Å². The Labute approximate surface area is 115 Å². The first-order valence-corrected chi connectivity index (χ1v) is 6.95. The molecular weight excluding hydrogens is 244 g/mol. The van der Waals surface area contributed by atoms with Crippen molar-refractivity contribution in [3.63, 3.8) is 0 Å². The zero-order chi connectivity index (χ0) is 14.6. The van der Waals surface area contributed by atoms with E-state index in [-0.39, 0.29) is 11.8 Å². The fourth-order valence-electron chi connectivity index (χ4n) is 2.85. The fourth-order valence-corrected chi connectivity index (χ4v) is 2.85. The predicted octanol–water partition coefficient (Wildman–Crippen LogP) is 1.14. The Morgan fingerprint density at radius 1 is 1.11 bits per heavy atom. The van der Waals surface area contributed by atoms with Gasteiger partial charge in [-0.15, -0.1) is 0 Å². The lowest BCUT2D eigenvalue weighted by molar-refractivity contribution is -0.148. The Morgan fingerprint density at radius 2 is 1.68 bits per heavy atom. The number of carboxylic acids is 1. The summed E-state index contributed by atoms with van der Waals surface area (Å²) < 4.78 is 0. The first-order valence-electron chi connectivity index (χ1n) is 6.95. The van der Waals surface area contributed by atoms with Crippen LogP contribution in [0.2, 0.25) is 0 Å². The van der Waals surface area contributed by atoms with Crippen LogP contribution in [0.4, 0.5) is 0 Å². The lowest BCUT2D eigenvalue weighted by atomic mass is 9.95. The summed E-state index contributed by atoms with van der Waals surface area (Å²) >= 11 is 0. The van der Waals surface area contributed by atoms with Gasteiger partial charge in [-0.25, -0.2) is 0 Å². The fraction of sp³-hybridized carbons (Fsp3) is 0.857. The van der Waals surface area contributed by atoms with Gasteiger partial charge in [0.25, 0.3) is 0 Å². The molecule has 0 bridgehead atoms. The zero-order valence-electron chi connectivity index (χ0n) is 12.4. The van der Waals surface area contributed by atoms with Gasteiger partial charge >= 0.3 is 5.97 Å². The summed E-state index contributed by atoms with van der Waals surface area (Å²) in [5.74, 6) is -1.35. The molecular formula is C14H26N2O3. The van der Waals surface area contributed by atoms with Crippen molar-refractivity contribution < 1.29 is 14.7 Å². The van der Waals surface area contributed by atoms with Crippen LogP contribution in [0.1, 0.15) is 26.2 Å². The molecule has 1 unspecified atom stereocenters. The van der Waals surface area contributed by atoms with E-state index < -0.39 is 11.9 Å². The highest BCUT2D eigenvalue weighted by Crippen LogP contribution is 2.37. The predicted molar refractivity (Wildman–Crippen MR) is 73.8 cm³/mol. The van der Waals surface area contributed by atoms with E-state index >= 15 is 0 Å². The number of carboxylic acid groups (broad SMARTS) is 1. The molecule has 1 rings (SSSR count). The molecule has 19 heavy (non-hydrogen) atoms. The molecule has 1 N–H and O–H groups in total. The summed E-state index contributed by atoms with van der Waals surface area (Å²) in [6.45, 7) is 3.64. The third kappa shape index (κ3) is 4.49. The Bertz CT molecular complexity index is 331. The van der Waals surface area contributed by atoms with E-state index in [4.69, 9.17) is 0 Å². The Hall–Kier alpha value is -1.10. The van der Waals surface area contributed by atoms with Crippen molar-refractivity contribution in [1.29, 1.82) is 0 Å². The summed E-state index contributed by atoms with van der Waals surface area (Å²) in [5, 5.41) is 9.20. The normalized spacial score (nSPS) is 26.7. The van der Waals surface area contributed by atoms with Gasteiger partial charge in [0.2, 0.25) is 5.91 Å². The van der Waals surface area contributed by atoms with Gasteiger partial charge in [0.1, 0.15) is 0 Å². The third-order valence-corrected chi connectivity index (χ3v) is 3.91. The molecule has 5 nitrogen and oxygen atoms in total. The van der Waals surface area contributed by atoms with Gasteiger partial charge in [-0.2, -0.15) is 0 Å². The van der Waals surface area contributed by atoms with Crippen molar-refractivity contribution in [2.75, 3.05) is 34.2 Å². The smallest absolute Gasteiger partial charge is 0.307 e. The minimum absolute atomic E-state index is 0.00416. The maximum atomic E-state index is 12.3. The van der Waals surface area contributed by atoms with Crippen molar-refractivity contribution in [2.45, 2.75) is 26.2 Å². The number of hydrogen-bond acceptors (Lipinski definition) is 3. The average molecular weight is 270 g/mol. The molecule has 3 atom stereocenters. The highest BCUT2D eigenvalue weighted by Gasteiger charge is 2.42. The summed E-state index contributed by atoms with van der Waals surface area (Å²) in [4.78, 5) is 27.3. The summed E-state index contributed by atoms with van der Waals surface area (Å²) in [7, 11) is 5.78. The maximum Gasteiger partial charge on any atom is 0.307 e. The van der Waals surface area contributed by atoms with E-state index in [0.717, 1.165) is 13.0 Å². The third-order valence-electron chi connectivity index (χ3n) is 3.91. The second-order valence-corrected chi connectivity index (χ2v) is 6.04. The van der Waals surface area contributed by atoms with Crippen LogP contribution in [0.3, 0.4) is 0 Å². The standard InChI is InChI=1S/C14H26N2O3/c1-10-8-11(12(9-10)14(18)19)13(17)16(4)7-5-6-15(2)3/h10-12H,5-9H2,1-4H3,(H,18,19)/t10?,11-,12+/m0/s1. The summed E-state index contributed by atoms with van der Waals surface area (Å²) in [5.41, 5.74) is 0. The Morgan fingerprint density at radius 3 is 2.21 bits per heavy atom. The Balaban J connectivity index is 2.53. The van der Waals surface area contributed by atoms with E-state index in [2.05, 4.69) is 4.90 Å². The lowest BCUT2D eigenvalue weighted by Gasteiger charge is -2.24. The first kappa shape index (κ1) is 16.0. The van der Waals surface area contributed by atoms with E-state index in [1.807, 2.05) is 21.0 Å². The number of hydrogen-bond donors (Lipinski definition) is 1. The van der Waals surface area contributed by atoms with Crippen LogP contribution in [-0.2, 0) is 9.59 Å². The molecule has 0 aromatic carbocycles. The molecule has 1 saturated carbocycles. The summed E-state index contributed by atoms with van der Waals surface area (Å²) in [6, 6.07) is 0. The number of carbonyl (C=O) groups excluding carboxylic acids is 1. The minimum atomic E-state index is -0.829. The molecule has 0 aliphatic heterocycles. The van der Waals surface area contributed by atoms with Crippen molar-refractivity contribution in [3.8, 4) is 0 Å².